The van der Waals surface area contributed by atoms with E-state index in [4.69, 9.17) is 0 Å². The highest BCUT2D eigenvalue weighted by Gasteiger charge is 2.37. The summed E-state index contributed by atoms with van der Waals surface area (Å²) in [6, 6.07) is 4.38. The third kappa shape index (κ3) is 2.95. The summed E-state index contributed by atoms with van der Waals surface area (Å²) in [4.78, 5) is 2.20. The van der Waals surface area contributed by atoms with Gasteiger partial charge in [0.25, 0.3) is 0 Å². The largest absolute Gasteiger partial charge is 0.505 e. The summed E-state index contributed by atoms with van der Waals surface area (Å²) in [5, 5.41) is 23.0. The number of benzene rings is 1. The number of hydrogen-bond donors (Lipinski definition) is 3. The van der Waals surface area contributed by atoms with Crippen LogP contribution < -0.4 is 5.32 Å². The molecule has 112 valence electrons. The van der Waals surface area contributed by atoms with Crippen LogP contribution in [0.25, 0.3) is 0 Å². The molecule has 1 saturated heterocycles. The first-order chi connectivity index (χ1) is 9.47. The molecule has 1 aromatic rings. The number of nitrogens with zero attached hydrogens (tertiary/aromatic N) is 1. The molecule has 4 nitrogen and oxygen atoms in total. The van der Waals surface area contributed by atoms with Gasteiger partial charge >= 0.3 is 0 Å². The van der Waals surface area contributed by atoms with Gasteiger partial charge < -0.3 is 15.5 Å². The number of nitrogens with one attached hydrogen (secondary N) is 1. The van der Waals surface area contributed by atoms with Gasteiger partial charge in [-0.3, -0.25) is 4.90 Å². The van der Waals surface area contributed by atoms with Gasteiger partial charge in [-0.05, 0) is 6.07 Å². The highest BCUT2D eigenvalue weighted by molar-refractivity contribution is 5.37. The summed E-state index contributed by atoms with van der Waals surface area (Å²) in [6.45, 7) is 7.17. The van der Waals surface area contributed by atoms with Gasteiger partial charge in [0.15, 0.2) is 11.6 Å². The van der Waals surface area contributed by atoms with Crippen LogP contribution in [0.5, 0.6) is 5.75 Å². The molecule has 2 rings (SSSR count). The highest BCUT2D eigenvalue weighted by atomic mass is 19.1. The summed E-state index contributed by atoms with van der Waals surface area (Å²) in [5.74, 6) is -0.922. The van der Waals surface area contributed by atoms with Gasteiger partial charge in [0, 0.05) is 49.8 Å². The zero-order chi connectivity index (χ0) is 14.8. The van der Waals surface area contributed by atoms with E-state index in [9.17, 15) is 14.6 Å². The average Bonchev–Trinajstić information content (AvgIpc) is 2.45. The Balaban J connectivity index is 2.42. The lowest BCUT2D eigenvalue weighted by molar-refractivity contribution is 0.0290. The molecule has 0 radical (unpaired) electrons. The van der Waals surface area contributed by atoms with Gasteiger partial charge in [-0.1, -0.05) is 26.0 Å². The highest BCUT2D eigenvalue weighted by Crippen LogP contribution is 2.42. The van der Waals surface area contributed by atoms with Crippen molar-refractivity contribution >= 4 is 0 Å². The lowest BCUT2D eigenvalue weighted by Gasteiger charge is -2.43. The van der Waals surface area contributed by atoms with E-state index in [1.54, 1.807) is 12.1 Å². The Bertz CT molecular complexity index is 459. The molecule has 1 fully saturated rings. The number of piperazine rings is 1. The monoisotopic (exact) mass is 282 g/mol. The van der Waals surface area contributed by atoms with Crippen molar-refractivity contribution in [1.82, 2.24) is 10.2 Å². The quantitative estimate of drug-likeness (QED) is 0.783. The second-order valence-corrected chi connectivity index (χ2v) is 6.01. The number of halogens is 1. The molecule has 0 unspecified atom stereocenters. The Morgan fingerprint density at radius 3 is 2.60 bits per heavy atom. The normalized spacial score (nSPS) is 19.0. The van der Waals surface area contributed by atoms with Crippen molar-refractivity contribution in [2.75, 3.05) is 32.8 Å². The van der Waals surface area contributed by atoms with E-state index in [1.807, 2.05) is 13.8 Å². The molecule has 1 heterocycles. The van der Waals surface area contributed by atoms with E-state index in [-0.39, 0.29) is 18.4 Å². The molecule has 20 heavy (non-hydrogen) atoms. The van der Waals surface area contributed by atoms with Crippen molar-refractivity contribution < 1.29 is 14.6 Å². The van der Waals surface area contributed by atoms with E-state index >= 15 is 0 Å². The minimum Gasteiger partial charge on any atom is -0.505 e. The van der Waals surface area contributed by atoms with E-state index < -0.39 is 11.2 Å². The van der Waals surface area contributed by atoms with Gasteiger partial charge in [-0.25, -0.2) is 4.39 Å². The topological polar surface area (TPSA) is 55.7 Å². The third-order valence-electron chi connectivity index (χ3n) is 3.98. The van der Waals surface area contributed by atoms with Gasteiger partial charge in [-0.15, -0.1) is 0 Å². The summed E-state index contributed by atoms with van der Waals surface area (Å²) >= 11 is 0. The standard InChI is InChI=1S/C15H23FN2O2/c1-15(2,10-19)14(18-8-6-17-7-9-18)11-4-3-5-12(16)13(11)20/h3-5,14,17,19-20H,6-10H2,1-2H3/t14-/m1/s1. The maximum absolute atomic E-state index is 13.7. The Hall–Kier alpha value is -1.17. The van der Waals surface area contributed by atoms with Crippen molar-refractivity contribution in [2.24, 2.45) is 5.41 Å². The van der Waals surface area contributed by atoms with Crippen LogP contribution >= 0.6 is 0 Å². The molecule has 0 aromatic heterocycles. The SMILES string of the molecule is CC(C)(CO)[C@@H](c1cccc(F)c1O)N1CCNCC1. The second kappa shape index (κ2) is 6.08. The molecule has 5 heteroatoms. The van der Waals surface area contributed by atoms with Crippen LogP contribution in [0.2, 0.25) is 0 Å². The van der Waals surface area contributed by atoms with Crippen LogP contribution in [-0.2, 0) is 0 Å². The number of rotatable bonds is 4. The summed E-state index contributed by atoms with van der Waals surface area (Å²) in [7, 11) is 0. The predicted octanol–water partition coefficient (Wildman–Crippen LogP) is 1.50. The van der Waals surface area contributed by atoms with Gasteiger partial charge in [0.2, 0.25) is 0 Å². The Labute approximate surface area is 119 Å². The van der Waals surface area contributed by atoms with Crippen LogP contribution in [0.3, 0.4) is 0 Å². The first-order valence-electron chi connectivity index (χ1n) is 7.00. The van der Waals surface area contributed by atoms with Crippen LogP contribution in [-0.4, -0.2) is 47.9 Å². The molecule has 1 atom stereocenters. The van der Waals surface area contributed by atoms with Gasteiger partial charge in [0.1, 0.15) is 0 Å². The van der Waals surface area contributed by atoms with E-state index in [2.05, 4.69) is 10.2 Å². The molecule has 1 aliphatic rings. The summed E-state index contributed by atoms with van der Waals surface area (Å²) < 4.78 is 13.7. The fourth-order valence-corrected chi connectivity index (χ4v) is 2.89. The number of para-hydroxylation sites is 1. The third-order valence-corrected chi connectivity index (χ3v) is 3.98. The molecule has 0 saturated carbocycles. The van der Waals surface area contributed by atoms with Crippen molar-refractivity contribution in [2.45, 2.75) is 19.9 Å². The molecular weight excluding hydrogens is 259 g/mol. The molecular formula is C15H23FN2O2. The minimum absolute atomic E-state index is 0.0302. The molecule has 1 aromatic carbocycles. The first-order valence-corrected chi connectivity index (χ1v) is 7.00. The molecule has 3 N–H and O–H groups in total. The average molecular weight is 282 g/mol. The number of phenolic OH excluding ortho intramolecular Hbond substituents is 1. The molecule has 0 spiro atoms. The van der Waals surface area contributed by atoms with Crippen molar-refractivity contribution in [3.05, 3.63) is 29.6 Å². The number of aliphatic hydroxyl groups is 1. The minimum atomic E-state index is -0.614. The van der Waals surface area contributed by atoms with Crippen molar-refractivity contribution in [3.63, 3.8) is 0 Å². The van der Waals surface area contributed by atoms with E-state index in [0.29, 0.717) is 5.56 Å². The number of hydrogen-bond acceptors (Lipinski definition) is 4. The van der Waals surface area contributed by atoms with Crippen LogP contribution in [0.15, 0.2) is 18.2 Å². The maximum Gasteiger partial charge on any atom is 0.165 e. The van der Waals surface area contributed by atoms with Gasteiger partial charge in [0.05, 0.1) is 0 Å². The molecule has 0 amide bonds. The van der Waals surface area contributed by atoms with Crippen molar-refractivity contribution in [3.8, 4) is 5.75 Å². The smallest absolute Gasteiger partial charge is 0.165 e. The number of aliphatic hydroxyl groups excluding tert-OH is 1. The molecule has 0 aliphatic carbocycles. The Morgan fingerprint density at radius 1 is 1.35 bits per heavy atom. The predicted molar refractivity (Wildman–Crippen MR) is 76.1 cm³/mol. The van der Waals surface area contributed by atoms with E-state index in [1.165, 1.54) is 6.07 Å². The van der Waals surface area contributed by atoms with Crippen molar-refractivity contribution in [1.29, 1.82) is 0 Å². The summed E-state index contributed by atoms with van der Waals surface area (Å²) in [6.07, 6.45) is 0. The zero-order valence-corrected chi connectivity index (χ0v) is 12.1. The fourth-order valence-electron chi connectivity index (χ4n) is 2.89. The van der Waals surface area contributed by atoms with Crippen LogP contribution in [0.1, 0.15) is 25.5 Å². The Kier molecular flexibility index (Phi) is 4.62. The number of phenols is 1. The van der Waals surface area contributed by atoms with Crippen LogP contribution in [0, 0.1) is 11.2 Å². The molecule has 1 aliphatic heterocycles. The Morgan fingerprint density at radius 2 is 2.00 bits per heavy atom. The van der Waals surface area contributed by atoms with Crippen LogP contribution in [0.4, 0.5) is 4.39 Å². The maximum atomic E-state index is 13.7. The molecule has 0 bridgehead atoms. The lowest BCUT2D eigenvalue weighted by atomic mass is 9.79. The van der Waals surface area contributed by atoms with Gasteiger partial charge in [-0.2, -0.15) is 0 Å². The number of aromatic hydroxyl groups is 1. The van der Waals surface area contributed by atoms with E-state index in [0.717, 1.165) is 26.2 Å². The second-order valence-electron chi connectivity index (χ2n) is 6.01. The zero-order valence-electron chi connectivity index (χ0n) is 12.1. The first kappa shape index (κ1) is 15.2. The summed E-state index contributed by atoms with van der Waals surface area (Å²) in [5.41, 5.74) is 0.0775. The fraction of sp³-hybridized carbons (Fsp3) is 0.600. The lowest BCUT2D eigenvalue weighted by Crippen LogP contribution is -2.49.